The van der Waals surface area contributed by atoms with E-state index in [9.17, 15) is 19.2 Å². The zero-order valence-electron chi connectivity index (χ0n) is 11.4. The molecule has 10 heteroatoms. The van der Waals surface area contributed by atoms with Crippen LogP contribution < -0.4 is 11.5 Å². The molecule has 0 radical (unpaired) electrons. The van der Waals surface area contributed by atoms with E-state index in [0.29, 0.717) is 0 Å². The van der Waals surface area contributed by atoms with Crippen LogP contribution in [0.1, 0.15) is 32.6 Å². The van der Waals surface area contributed by atoms with Gasteiger partial charge < -0.3 is 21.7 Å². The number of carbonyl (C=O) groups excluding carboxylic acids is 2. The Bertz CT molecular complexity index is 420. The maximum absolute atomic E-state index is 11.5. The van der Waals surface area contributed by atoms with Gasteiger partial charge in [0.1, 0.15) is 11.6 Å². The fourth-order valence-electron chi connectivity index (χ4n) is 1.10. The molecule has 0 rings (SSSR count). The second-order valence-corrected chi connectivity index (χ2v) is 4.62. The van der Waals surface area contributed by atoms with Crippen LogP contribution in [0.2, 0.25) is 0 Å². The van der Waals surface area contributed by atoms with Gasteiger partial charge in [0.15, 0.2) is 0 Å². The second-order valence-electron chi connectivity index (χ2n) is 4.62. The Kier molecular flexibility index (Phi) is 7.31. The first-order valence-electron chi connectivity index (χ1n) is 5.97. The molecule has 0 aromatic rings. The van der Waals surface area contributed by atoms with Crippen molar-refractivity contribution in [1.82, 2.24) is 0 Å². The number of hydrogen-bond donors (Lipinski definition) is 4. The third-order valence-corrected chi connectivity index (χ3v) is 2.50. The Balaban J connectivity index is 4.24. The van der Waals surface area contributed by atoms with E-state index in [1.54, 1.807) is 0 Å². The molecule has 0 saturated heterocycles. The van der Waals surface area contributed by atoms with Crippen LogP contribution in [-0.2, 0) is 29.0 Å². The molecule has 0 spiro atoms. The number of carboxylic acids is 2. The molecular weight excluding hydrogens is 288 g/mol. The zero-order chi connectivity index (χ0) is 16.6. The van der Waals surface area contributed by atoms with Crippen molar-refractivity contribution in [2.45, 2.75) is 44.2 Å². The topological polar surface area (TPSA) is 179 Å². The molecule has 2 atom stereocenters. The monoisotopic (exact) mass is 306 g/mol. The molecule has 1 unspecified atom stereocenters. The Morgan fingerprint density at radius 3 is 2.10 bits per heavy atom. The van der Waals surface area contributed by atoms with Crippen LogP contribution in [0.25, 0.3) is 0 Å². The summed E-state index contributed by atoms with van der Waals surface area (Å²) in [5, 5.41) is 16.9. The number of hydrogen-bond acceptors (Lipinski definition) is 8. The highest BCUT2D eigenvalue weighted by Crippen LogP contribution is 2.11. The highest BCUT2D eigenvalue weighted by molar-refractivity contribution is 5.82. The van der Waals surface area contributed by atoms with Gasteiger partial charge in [0.25, 0.3) is 0 Å². The first-order valence-corrected chi connectivity index (χ1v) is 5.97. The van der Waals surface area contributed by atoms with E-state index in [1.165, 1.54) is 6.92 Å². The normalized spacial score (nSPS) is 14.6. The number of carbonyl (C=O) groups is 4. The van der Waals surface area contributed by atoms with Crippen LogP contribution in [0.5, 0.6) is 0 Å². The summed E-state index contributed by atoms with van der Waals surface area (Å²) in [6, 6.07) is -1.27. The number of carboxylic acid groups (broad SMARTS) is 2. The summed E-state index contributed by atoms with van der Waals surface area (Å²) in [7, 11) is 0. The molecule has 0 aromatic carbocycles. The fourth-order valence-corrected chi connectivity index (χ4v) is 1.10. The van der Waals surface area contributed by atoms with Gasteiger partial charge in [-0.05, 0) is 19.8 Å². The fraction of sp³-hybridized carbons (Fsp3) is 0.636. The molecule has 0 fully saturated rings. The van der Waals surface area contributed by atoms with Gasteiger partial charge in [-0.25, -0.2) is 19.4 Å². The average molecular weight is 306 g/mol. The number of aliphatic carboxylic acids is 2. The van der Waals surface area contributed by atoms with E-state index in [4.69, 9.17) is 21.7 Å². The summed E-state index contributed by atoms with van der Waals surface area (Å²) in [6.07, 6.45) is -1.12. The van der Waals surface area contributed by atoms with Crippen molar-refractivity contribution in [3.8, 4) is 0 Å². The van der Waals surface area contributed by atoms with Gasteiger partial charge in [0.2, 0.25) is 0 Å². The molecule has 0 aliphatic heterocycles. The standard InChI is InChI=1S/C11H18N2O8/c1-11(13,5-4-8(16)17)10(19)21-20-9(18)6(12)2-3-7(14)15/h6H,2-5,12-13H2,1H3,(H,14,15)(H,16,17)/t6-,11?/m1/s1. The molecule has 0 amide bonds. The van der Waals surface area contributed by atoms with Crippen LogP contribution in [0.4, 0.5) is 0 Å². The van der Waals surface area contributed by atoms with E-state index < -0.39 is 35.5 Å². The molecule has 6 N–H and O–H groups in total. The van der Waals surface area contributed by atoms with Gasteiger partial charge in [-0.1, -0.05) is 0 Å². The molecule has 21 heavy (non-hydrogen) atoms. The Labute approximate surface area is 119 Å². The molecule has 0 bridgehead atoms. The van der Waals surface area contributed by atoms with Crippen molar-refractivity contribution in [3.05, 3.63) is 0 Å². The van der Waals surface area contributed by atoms with E-state index in [0.717, 1.165) is 0 Å². The van der Waals surface area contributed by atoms with E-state index in [-0.39, 0.29) is 25.7 Å². The van der Waals surface area contributed by atoms with Crippen LogP contribution in [0.3, 0.4) is 0 Å². The Morgan fingerprint density at radius 2 is 1.62 bits per heavy atom. The van der Waals surface area contributed by atoms with Gasteiger partial charge >= 0.3 is 23.9 Å². The van der Waals surface area contributed by atoms with Gasteiger partial charge in [-0.2, -0.15) is 0 Å². The predicted octanol–water partition coefficient (Wildman–Crippen LogP) is -1.24. The zero-order valence-corrected chi connectivity index (χ0v) is 11.4. The summed E-state index contributed by atoms with van der Waals surface area (Å²) in [5.41, 5.74) is 9.20. The lowest BCUT2D eigenvalue weighted by molar-refractivity contribution is -0.263. The average Bonchev–Trinajstić information content (AvgIpc) is 2.39. The first-order chi connectivity index (χ1) is 9.56. The summed E-state index contributed by atoms with van der Waals surface area (Å²) in [6.45, 7) is 1.22. The Hall–Kier alpha value is -2.20. The highest BCUT2D eigenvalue weighted by atomic mass is 17.2. The SMILES string of the molecule is CC(N)(CCC(=O)O)C(=O)OOC(=O)[C@H](N)CCC(=O)O. The quantitative estimate of drug-likeness (QED) is 0.313. The highest BCUT2D eigenvalue weighted by Gasteiger charge is 2.33. The van der Waals surface area contributed by atoms with Crippen molar-refractivity contribution in [3.63, 3.8) is 0 Å². The molecule has 0 aliphatic rings. The summed E-state index contributed by atoms with van der Waals surface area (Å²) < 4.78 is 0. The van der Waals surface area contributed by atoms with Crippen LogP contribution in [0, 0.1) is 0 Å². The second kappa shape index (κ2) is 8.17. The van der Waals surface area contributed by atoms with Gasteiger partial charge in [0, 0.05) is 12.8 Å². The predicted molar refractivity (Wildman–Crippen MR) is 66.5 cm³/mol. The third kappa shape index (κ3) is 7.84. The molecule has 0 saturated carbocycles. The molecule has 120 valence electrons. The molecule has 0 aliphatic carbocycles. The van der Waals surface area contributed by atoms with Crippen LogP contribution >= 0.6 is 0 Å². The van der Waals surface area contributed by atoms with Crippen molar-refractivity contribution in [1.29, 1.82) is 0 Å². The molecule has 0 aromatic heterocycles. The van der Waals surface area contributed by atoms with Crippen molar-refractivity contribution in [2.75, 3.05) is 0 Å². The lowest BCUT2D eigenvalue weighted by atomic mass is 9.98. The number of rotatable bonds is 8. The maximum Gasteiger partial charge on any atom is 0.374 e. The van der Waals surface area contributed by atoms with Crippen LogP contribution in [0.15, 0.2) is 0 Å². The maximum atomic E-state index is 11.5. The van der Waals surface area contributed by atoms with Gasteiger partial charge in [-0.3, -0.25) is 9.59 Å². The number of nitrogens with two attached hydrogens (primary N) is 2. The van der Waals surface area contributed by atoms with Crippen molar-refractivity contribution < 1.29 is 39.2 Å². The minimum Gasteiger partial charge on any atom is -0.481 e. The summed E-state index contributed by atoms with van der Waals surface area (Å²) in [4.78, 5) is 51.9. The third-order valence-electron chi connectivity index (χ3n) is 2.50. The minimum atomic E-state index is -1.65. The lowest BCUT2D eigenvalue weighted by Gasteiger charge is -2.20. The van der Waals surface area contributed by atoms with E-state index in [2.05, 4.69) is 9.78 Å². The lowest BCUT2D eigenvalue weighted by Crippen LogP contribution is -2.47. The smallest absolute Gasteiger partial charge is 0.374 e. The Morgan fingerprint density at radius 1 is 1.10 bits per heavy atom. The van der Waals surface area contributed by atoms with Crippen LogP contribution in [-0.4, -0.2) is 45.7 Å². The van der Waals surface area contributed by atoms with Crippen molar-refractivity contribution in [2.24, 2.45) is 11.5 Å². The molecule has 10 nitrogen and oxygen atoms in total. The minimum absolute atomic E-state index is 0.190. The van der Waals surface area contributed by atoms with E-state index >= 15 is 0 Å². The molecular formula is C11H18N2O8. The first kappa shape index (κ1) is 18.8. The largest absolute Gasteiger partial charge is 0.481 e. The molecule has 0 heterocycles. The van der Waals surface area contributed by atoms with Gasteiger partial charge in [0.05, 0.1) is 0 Å². The summed E-state index contributed by atoms with van der Waals surface area (Å²) >= 11 is 0. The van der Waals surface area contributed by atoms with E-state index in [1.807, 2.05) is 0 Å². The summed E-state index contributed by atoms with van der Waals surface area (Å²) in [5.74, 6) is -4.55. The van der Waals surface area contributed by atoms with Gasteiger partial charge in [-0.15, -0.1) is 0 Å². The van der Waals surface area contributed by atoms with Crippen molar-refractivity contribution >= 4 is 23.9 Å².